The average molecular weight is 361 g/mol. The van der Waals surface area contributed by atoms with Crippen LogP contribution in [0.2, 0.25) is 10.0 Å². The molecule has 6 nitrogen and oxygen atoms in total. The molecule has 0 aromatic heterocycles. The second-order valence-electron chi connectivity index (χ2n) is 4.31. The van der Waals surface area contributed by atoms with Crippen molar-refractivity contribution in [3.63, 3.8) is 0 Å². The number of nitrogen functional groups attached to an aromatic ring is 1. The highest BCUT2D eigenvalue weighted by Gasteiger charge is 2.15. The lowest BCUT2D eigenvalue weighted by atomic mass is 10.2. The van der Waals surface area contributed by atoms with E-state index in [0.29, 0.717) is 5.02 Å². The maximum Gasteiger partial charge on any atom is 0.296 e. The Morgan fingerprint density at radius 3 is 2.32 bits per heavy atom. The Morgan fingerprint density at radius 2 is 1.77 bits per heavy atom. The average Bonchev–Trinajstić information content (AvgIpc) is 2.40. The van der Waals surface area contributed by atoms with Crippen molar-refractivity contribution in [3.05, 3.63) is 52.0 Å². The zero-order valence-electron chi connectivity index (χ0n) is 10.9. The van der Waals surface area contributed by atoms with Crippen LogP contribution in [0.3, 0.4) is 0 Å². The van der Waals surface area contributed by atoms with Crippen LogP contribution >= 0.6 is 23.2 Å². The lowest BCUT2D eigenvalue weighted by Crippen LogP contribution is -2.12. The zero-order valence-corrected chi connectivity index (χ0v) is 13.2. The maximum atomic E-state index is 12.0. The number of anilines is 2. The van der Waals surface area contributed by atoms with E-state index < -0.39 is 20.9 Å². The van der Waals surface area contributed by atoms with E-state index in [1.807, 2.05) is 0 Å². The minimum Gasteiger partial charge on any atom is -0.398 e. The van der Waals surface area contributed by atoms with Crippen molar-refractivity contribution in [2.75, 3.05) is 11.1 Å². The number of amides is 1. The predicted molar refractivity (Wildman–Crippen MR) is 85.1 cm³/mol. The van der Waals surface area contributed by atoms with Gasteiger partial charge in [0.25, 0.3) is 16.0 Å². The number of hydrogen-bond acceptors (Lipinski definition) is 4. The van der Waals surface area contributed by atoms with Crippen LogP contribution in [0, 0.1) is 0 Å². The van der Waals surface area contributed by atoms with E-state index in [-0.39, 0.29) is 22.0 Å². The van der Waals surface area contributed by atoms with Crippen LogP contribution in [0.4, 0.5) is 11.4 Å². The molecule has 2 aromatic rings. The number of rotatable bonds is 3. The van der Waals surface area contributed by atoms with Crippen LogP contribution in [0.5, 0.6) is 0 Å². The number of hydrogen-bond donors (Lipinski definition) is 3. The maximum absolute atomic E-state index is 12.0. The lowest BCUT2D eigenvalue weighted by Gasteiger charge is -2.08. The van der Waals surface area contributed by atoms with E-state index in [2.05, 4.69) is 5.32 Å². The molecule has 22 heavy (non-hydrogen) atoms. The molecule has 0 spiro atoms. The van der Waals surface area contributed by atoms with Gasteiger partial charge in [-0.3, -0.25) is 9.35 Å². The molecule has 2 aromatic carbocycles. The van der Waals surface area contributed by atoms with E-state index in [4.69, 9.17) is 33.5 Å². The fourth-order valence-corrected chi connectivity index (χ4v) is 2.60. The summed E-state index contributed by atoms with van der Waals surface area (Å²) < 4.78 is 31.0. The van der Waals surface area contributed by atoms with Gasteiger partial charge in [0.2, 0.25) is 0 Å². The van der Waals surface area contributed by atoms with Crippen LogP contribution in [-0.2, 0) is 10.1 Å². The van der Waals surface area contributed by atoms with Crippen molar-refractivity contribution < 1.29 is 17.8 Å². The Hall–Kier alpha value is -1.80. The molecule has 0 fully saturated rings. The smallest absolute Gasteiger partial charge is 0.296 e. The van der Waals surface area contributed by atoms with E-state index in [1.54, 1.807) is 0 Å². The molecule has 0 aliphatic heterocycles. The summed E-state index contributed by atoms with van der Waals surface area (Å²) >= 11 is 11.6. The summed E-state index contributed by atoms with van der Waals surface area (Å²) in [5.41, 5.74) is 5.89. The van der Waals surface area contributed by atoms with Gasteiger partial charge < -0.3 is 11.1 Å². The van der Waals surface area contributed by atoms with Gasteiger partial charge in [-0.25, -0.2) is 0 Å². The molecule has 0 bridgehead atoms. The van der Waals surface area contributed by atoms with E-state index in [1.165, 1.54) is 30.3 Å². The van der Waals surface area contributed by atoms with Crippen LogP contribution in [0.1, 0.15) is 10.4 Å². The minimum absolute atomic E-state index is 0.186. The van der Waals surface area contributed by atoms with Gasteiger partial charge in [0, 0.05) is 11.3 Å². The number of carbonyl (C=O) groups is 1. The van der Waals surface area contributed by atoms with Crippen molar-refractivity contribution in [1.82, 2.24) is 0 Å². The zero-order chi connectivity index (χ0) is 16.5. The highest BCUT2D eigenvalue weighted by Crippen LogP contribution is 2.25. The molecular formula is C13H10Cl2N2O4S. The summed E-state index contributed by atoms with van der Waals surface area (Å²) in [6.07, 6.45) is 0. The summed E-state index contributed by atoms with van der Waals surface area (Å²) in [5.74, 6) is -0.474. The molecule has 0 atom stereocenters. The van der Waals surface area contributed by atoms with Crippen molar-refractivity contribution in [2.24, 2.45) is 0 Å². The summed E-state index contributed by atoms with van der Waals surface area (Å²) in [4.78, 5) is 11.6. The van der Waals surface area contributed by atoms with Crippen LogP contribution < -0.4 is 11.1 Å². The van der Waals surface area contributed by atoms with Crippen molar-refractivity contribution in [2.45, 2.75) is 4.90 Å². The Morgan fingerprint density at radius 1 is 1.09 bits per heavy atom. The highest BCUT2D eigenvalue weighted by molar-refractivity contribution is 7.86. The normalized spacial score (nSPS) is 11.2. The quantitative estimate of drug-likeness (QED) is 0.575. The fourth-order valence-electron chi connectivity index (χ4n) is 1.70. The molecule has 0 unspecified atom stereocenters. The molecular weight excluding hydrogens is 351 g/mol. The molecule has 0 saturated heterocycles. The minimum atomic E-state index is -4.41. The summed E-state index contributed by atoms with van der Waals surface area (Å²) in [6, 6.07) is 7.98. The Labute approximate surface area is 136 Å². The van der Waals surface area contributed by atoms with Gasteiger partial charge in [-0.2, -0.15) is 8.42 Å². The molecule has 0 heterocycles. The molecule has 0 saturated carbocycles. The Bertz CT molecular complexity index is 853. The fraction of sp³-hybridized carbons (Fsp3) is 0. The van der Waals surface area contributed by atoms with Crippen molar-refractivity contribution in [1.29, 1.82) is 0 Å². The first-order chi connectivity index (χ1) is 10.2. The first kappa shape index (κ1) is 16.6. The van der Waals surface area contributed by atoms with E-state index in [0.717, 1.165) is 6.07 Å². The van der Waals surface area contributed by atoms with E-state index >= 15 is 0 Å². The van der Waals surface area contributed by atoms with Gasteiger partial charge >= 0.3 is 0 Å². The third kappa shape index (κ3) is 3.69. The van der Waals surface area contributed by atoms with Gasteiger partial charge in [0.15, 0.2) is 0 Å². The van der Waals surface area contributed by atoms with Gasteiger partial charge in [-0.1, -0.05) is 23.2 Å². The molecule has 116 valence electrons. The van der Waals surface area contributed by atoms with Crippen LogP contribution in [0.25, 0.3) is 0 Å². The van der Waals surface area contributed by atoms with Gasteiger partial charge in [-0.05, 0) is 36.4 Å². The molecule has 0 radical (unpaired) electrons. The Balaban J connectivity index is 2.25. The molecule has 1 amide bonds. The van der Waals surface area contributed by atoms with Crippen molar-refractivity contribution in [3.8, 4) is 0 Å². The Kier molecular flexibility index (Phi) is 4.62. The summed E-state index contributed by atoms with van der Waals surface area (Å²) in [7, 11) is -4.41. The molecule has 0 aliphatic rings. The second-order valence-corrected chi connectivity index (χ2v) is 6.52. The third-order valence-electron chi connectivity index (χ3n) is 2.73. The third-order valence-corrected chi connectivity index (χ3v) is 4.39. The predicted octanol–water partition coefficient (Wildman–Crippen LogP) is 3.07. The first-order valence-electron chi connectivity index (χ1n) is 5.82. The molecule has 2 rings (SSSR count). The lowest BCUT2D eigenvalue weighted by molar-refractivity contribution is 0.102. The van der Waals surface area contributed by atoms with Gasteiger partial charge in [-0.15, -0.1) is 0 Å². The first-order valence-corrected chi connectivity index (χ1v) is 8.01. The van der Waals surface area contributed by atoms with Gasteiger partial charge in [0.05, 0.1) is 15.7 Å². The molecule has 4 N–H and O–H groups in total. The number of benzene rings is 2. The monoisotopic (exact) mass is 360 g/mol. The summed E-state index contributed by atoms with van der Waals surface area (Å²) in [6.45, 7) is 0. The highest BCUT2D eigenvalue weighted by atomic mass is 35.5. The van der Waals surface area contributed by atoms with Gasteiger partial charge in [0.1, 0.15) is 4.90 Å². The SMILES string of the molecule is Nc1cc(NC(=O)c2ccc(Cl)c(Cl)c2)ccc1S(=O)(=O)O. The topological polar surface area (TPSA) is 109 Å². The second kappa shape index (κ2) is 6.13. The largest absolute Gasteiger partial charge is 0.398 e. The number of nitrogens with two attached hydrogens (primary N) is 1. The van der Waals surface area contributed by atoms with E-state index in [9.17, 15) is 13.2 Å². The van der Waals surface area contributed by atoms with Crippen LogP contribution in [0.15, 0.2) is 41.3 Å². The number of halogens is 2. The number of nitrogens with one attached hydrogen (secondary N) is 1. The standard InChI is InChI=1S/C13H10Cl2N2O4S/c14-9-3-1-7(5-10(9)15)13(18)17-8-2-4-12(11(16)6-8)22(19,20)21/h1-6H,16H2,(H,17,18)(H,19,20,21). The molecule has 0 aliphatic carbocycles. The summed E-state index contributed by atoms with van der Waals surface area (Å²) in [5, 5.41) is 3.08. The van der Waals surface area contributed by atoms with Crippen molar-refractivity contribution >= 4 is 50.6 Å². The van der Waals surface area contributed by atoms with Crippen LogP contribution in [-0.4, -0.2) is 18.9 Å². The number of carbonyl (C=O) groups excluding carboxylic acids is 1. The molecule has 9 heteroatoms.